The standard InChI is InChI=1S/C13H17N3OS.ClH/c1-7(2)13-16-10-5-4-9(6-11(10)18-13)15-12(17)8(3)14;/h4-8H,14H2,1-3H3,(H,15,17);1H/t8-;/m0./s1. The number of nitrogens with one attached hydrogen (secondary N) is 1. The zero-order chi connectivity index (χ0) is 13.3. The summed E-state index contributed by atoms with van der Waals surface area (Å²) >= 11 is 1.66. The van der Waals surface area contributed by atoms with E-state index in [2.05, 4.69) is 24.1 Å². The van der Waals surface area contributed by atoms with Gasteiger partial charge in [0.25, 0.3) is 0 Å². The van der Waals surface area contributed by atoms with E-state index >= 15 is 0 Å². The fourth-order valence-electron chi connectivity index (χ4n) is 1.52. The monoisotopic (exact) mass is 299 g/mol. The summed E-state index contributed by atoms with van der Waals surface area (Å²) in [7, 11) is 0. The van der Waals surface area contributed by atoms with E-state index in [-0.39, 0.29) is 18.3 Å². The fraction of sp³-hybridized carbons (Fsp3) is 0.385. The van der Waals surface area contributed by atoms with Crippen molar-refractivity contribution in [3.05, 3.63) is 23.2 Å². The predicted molar refractivity (Wildman–Crippen MR) is 83.2 cm³/mol. The zero-order valence-corrected chi connectivity index (χ0v) is 12.8. The number of halogens is 1. The van der Waals surface area contributed by atoms with Gasteiger partial charge in [-0.05, 0) is 25.1 Å². The van der Waals surface area contributed by atoms with Gasteiger partial charge in [0.1, 0.15) is 0 Å². The van der Waals surface area contributed by atoms with Crippen LogP contribution in [0.2, 0.25) is 0 Å². The number of aromatic nitrogens is 1. The summed E-state index contributed by atoms with van der Waals surface area (Å²) in [6.45, 7) is 5.91. The number of anilines is 1. The molecule has 0 unspecified atom stereocenters. The third kappa shape index (κ3) is 3.65. The average Bonchev–Trinajstić information content (AvgIpc) is 2.71. The van der Waals surface area contributed by atoms with Crippen LogP contribution in [0, 0.1) is 0 Å². The number of carbonyl (C=O) groups excluding carboxylic acids is 1. The normalized spacial score (nSPS) is 12.3. The SMILES string of the molecule is CC(C)c1nc2ccc(NC(=O)[C@H](C)N)cc2s1.Cl. The lowest BCUT2D eigenvalue weighted by atomic mass is 10.2. The van der Waals surface area contributed by atoms with E-state index in [1.165, 1.54) is 0 Å². The molecular formula is C13H18ClN3OS. The van der Waals surface area contributed by atoms with Gasteiger partial charge in [-0.1, -0.05) is 13.8 Å². The van der Waals surface area contributed by atoms with Gasteiger partial charge in [0, 0.05) is 11.6 Å². The Morgan fingerprint density at radius 3 is 2.63 bits per heavy atom. The van der Waals surface area contributed by atoms with E-state index in [4.69, 9.17) is 5.73 Å². The van der Waals surface area contributed by atoms with Gasteiger partial charge in [-0.2, -0.15) is 0 Å². The maximum atomic E-state index is 11.5. The average molecular weight is 300 g/mol. The van der Waals surface area contributed by atoms with Crippen molar-refractivity contribution in [2.75, 3.05) is 5.32 Å². The van der Waals surface area contributed by atoms with Crippen molar-refractivity contribution in [1.82, 2.24) is 4.98 Å². The fourth-order valence-corrected chi connectivity index (χ4v) is 2.53. The molecule has 0 saturated heterocycles. The molecule has 0 fully saturated rings. The Bertz CT molecular complexity index is 580. The van der Waals surface area contributed by atoms with Crippen molar-refractivity contribution < 1.29 is 4.79 Å². The summed E-state index contributed by atoms with van der Waals surface area (Å²) < 4.78 is 1.08. The van der Waals surface area contributed by atoms with E-state index in [1.54, 1.807) is 18.3 Å². The molecule has 1 heterocycles. The van der Waals surface area contributed by atoms with Gasteiger partial charge in [0.15, 0.2) is 0 Å². The third-order valence-electron chi connectivity index (χ3n) is 2.58. The van der Waals surface area contributed by atoms with Crippen LogP contribution >= 0.6 is 23.7 Å². The van der Waals surface area contributed by atoms with Gasteiger partial charge in [-0.25, -0.2) is 4.98 Å². The van der Waals surface area contributed by atoms with Crippen LogP contribution in [0.25, 0.3) is 10.2 Å². The van der Waals surface area contributed by atoms with Gasteiger partial charge in [-0.3, -0.25) is 4.79 Å². The number of nitrogens with zero attached hydrogens (tertiary/aromatic N) is 1. The van der Waals surface area contributed by atoms with Crippen molar-refractivity contribution in [1.29, 1.82) is 0 Å². The highest BCUT2D eigenvalue weighted by molar-refractivity contribution is 7.18. The molecule has 19 heavy (non-hydrogen) atoms. The van der Waals surface area contributed by atoms with Crippen molar-refractivity contribution in [2.45, 2.75) is 32.7 Å². The summed E-state index contributed by atoms with van der Waals surface area (Å²) in [4.78, 5) is 16.1. The minimum Gasteiger partial charge on any atom is -0.325 e. The lowest BCUT2D eigenvalue weighted by Crippen LogP contribution is -2.32. The van der Waals surface area contributed by atoms with Crippen LogP contribution in [0.4, 0.5) is 5.69 Å². The Balaban J connectivity index is 0.00000180. The van der Waals surface area contributed by atoms with Crippen LogP contribution in [0.3, 0.4) is 0 Å². The van der Waals surface area contributed by atoms with Gasteiger partial charge in [-0.15, -0.1) is 23.7 Å². The lowest BCUT2D eigenvalue weighted by Gasteiger charge is -2.07. The largest absolute Gasteiger partial charge is 0.325 e. The Morgan fingerprint density at radius 2 is 2.05 bits per heavy atom. The smallest absolute Gasteiger partial charge is 0.240 e. The molecule has 0 aliphatic heterocycles. The first-order valence-electron chi connectivity index (χ1n) is 5.94. The van der Waals surface area contributed by atoms with Crippen LogP contribution < -0.4 is 11.1 Å². The minimum atomic E-state index is -0.506. The molecule has 0 bridgehead atoms. The molecule has 3 N–H and O–H groups in total. The van der Waals surface area contributed by atoms with Crippen molar-refractivity contribution in [3.8, 4) is 0 Å². The van der Waals surface area contributed by atoms with E-state index in [9.17, 15) is 4.79 Å². The summed E-state index contributed by atoms with van der Waals surface area (Å²) in [5.74, 6) is 0.243. The van der Waals surface area contributed by atoms with E-state index in [0.717, 1.165) is 20.9 Å². The van der Waals surface area contributed by atoms with Gasteiger partial charge >= 0.3 is 0 Å². The lowest BCUT2D eigenvalue weighted by molar-refractivity contribution is -0.117. The number of nitrogens with two attached hydrogens (primary N) is 1. The molecule has 4 nitrogen and oxygen atoms in total. The Kier molecular flexibility index (Phi) is 5.29. The molecular weight excluding hydrogens is 282 g/mol. The predicted octanol–water partition coefficient (Wildman–Crippen LogP) is 3.13. The Labute approximate surface area is 122 Å². The number of amides is 1. The maximum Gasteiger partial charge on any atom is 0.240 e. The molecule has 1 aromatic heterocycles. The number of hydrogen-bond donors (Lipinski definition) is 2. The molecule has 2 aromatic rings. The molecule has 1 amide bonds. The summed E-state index contributed by atoms with van der Waals surface area (Å²) in [6.07, 6.45) is 0. The second-order valence-corrected chi connectivity index (χ2v) is 5.73. The molecule has 0 radical (unpaired) electrons. The minimum absolute atomic E-state index is 0. The molecule has 1 aromatic carbocycles. The topological polar surface area (TPSA) is 68.0 Å². The highest BCUT2D eigenvalue weighted by Gasteiger charge is 2.10. The van der Waals surface area contributed by atoms with E-state index < -0.39 is 6.04 Å². The molecule has 0 saturated carbocycles. The summed E-state index contributed by atoms with van der Waals surface area (Å²) in [6, 6.07) is 5.22. The number of fused-ring (bicyclic) bond motifs is 1. The molecule has 0 aliphatic carbocycles. The van der Waals surface area contributed by atoms with Crippen LogP contribution in [-0.2, 0) is 4.79 Å². The molecule has 0 aliphatic rings. The molecule has 6 heteroatoms. The van der Waals surface area contributed by atoms with Crippen LogP contribution in [0.15, 0.2) is 18.2 Å². The first-order chi connectivity index (χ1) is 8.47. The van der Waals surface area contributed by atoms with E-state index in [0.29, 0.717) is 5.92 Å². The number of benzene rings is 1. The van der Waals surface area contributed by atoms with E-state index in [1.807, 2.05) is 18.2 Å². The summed E-state index contributed by atoms with van der Waals surface area (Å²) in [5, 5.41) is 3.90. The number of carbonyl (C=O) groups is 1. The van der Waals surface area contributed by atoms with Crippen molar-refractivity contribution >= 4 is 45.6 Å². The first-order valence-corrected chi connectivity index (χ1v) is 6.76. The Hall–Kier alpha value is -1.17. The maximum absolute atomic E-state index is 11.5. The van der Waals surface area contributed by atoms with Crippen molar-refractivity contribution in [2.24, 2.45) is 5.73 Å². The molecule has 0 spiro atoms. The van der Waals surface area contributed by atoms with Crippen LogP contribution in [0.5, 0.6) is 0 Å². The number of rotatable bonds is 3. The highest BCUT2D eigenvalue weighted by Crippen LogP contribution is 2.29. The van der Waals surface area contributed by atoms with Crippen LogP contribution in [-0.4, -0.2) is 16.9 Å². The van der Waals surface area contributed by atoms with Gasteiger partial charge in [0.05, 0.1) is 21.3 Å². The third-order valence-corrected chi connectivity index (χ3v) is 3.90. The van der Waals surface area contributed by atoms with Gasteiger partial charge in [0.2, 0.25) is 5.91 Å². The zero-order valence-electron chi connectivity index (χ0n) is 11.1. The van der Waals surface area contributed by atoms with Crippen molar-refractivity contribution in [3.63, 3.8) is 0 Å². The second-order valence-electron chi connectivity index (χ2n) is 4.67. The van der Waals surface area contributed by atoms with Crippen LogP contribution in [0.1, 0.15) is 31.7 Å². The summed E-state index contributed by atoms with van der Waals surface area (Å²) in [5.41, 5.74) is 7.26. The quantitative estimate of drug-likeness (QED) is 0.915. The second kappa shape index (κ2) is 6.32. The number of thiazole rings is 1. The first kappa shape index (κ1) is 15.9. The highest BCUT2D eigenvalue weighted by atomic mass is 35.5. The van der Waals surface area contributed by atoms with Gasteiger partial charge < -0.3 is 11.1 Å². The molecule has 1 atom stereocenters. The molecule has 104 valence electrons. The Morgan fingerprint density at radius 1 is 1.37 bits per heavy atom. The molecule has 2 rings (SSSR count). The number of hydrogen-bond acceptors (Lipinski definition) is 4.